The number of aliphatic hydroxyl groups excluding tert-OH is 1. The fourth-order valence-electron chi connectivity index (χ4n) is 4.63. The van der Waals surface area contributed by atoms with Crippen LogP contribution in [-0.2, 0) is 14.2 Å². The van der Waals surface area contributed by atoms with Gasteiger partial charge in [0.25, 0.3) is 0 Å². The Morgan fingerprint density at radius 2 is 1.91 bits per heavy atom. The van der Waals surface area contributed by atoms with Crippen LogP contribution in [0.5, 0.6) is 0 Å². The number of aliphatic hydroxyl groups is 1. The molecule has 2 aliphatic heterocycles. The van der Waals surface area contributed by atoms with Crippen LogP contribution in [0.4, 0.5) is 0 Å². The molecule has 1 unspecified atom stereocenters. The molecule has 0 amide bonds. The maximum atomic E-state index is 11.2. The van der Waals surface area contributed by atoms with Gasteiger partial charge in [-0.05, 0) is 32.0 Å². The van der Waals surface area contributed by atoms with Gasteiger partial charge in [0.15, 0.2) is 12.1 Å². The maximum Gasteiger partial charge on any atom is 0.184 e. The molecule has 0 bridgehead atoms. The average molecular weight is 480 g/mol. The highest BCUT2D eigenvalue weighted by atomic mass is 32.1. The van der Waals surface area contributed by atoms with Crippen LogP contribution in [0.3, 0.4) is 0 Å². The van der Waals surface area contributed by atoms with E-state index in [1.165, 1.54) is 0 Å². The van der Waals surface area contributed by atoms with E-state index in [-0.39, 0.29) is 0 Å². The van der Waals surface area contributed by atoms with Crippen molar-refractivity contribution in [2.45, 2.75) is 50.6 Å². The number of aromatic nitrogens is 4. The number of ether oxygens (including phenoxy) is 3. The second-order valence-corrected chi connectivity index (χ2v) is 9.89. The topological polar surface area (TPSA) is 118 Å². The van der Waals surface area contributed by atoms with Crippen molar-refractivity contribution >= 4 is 21.6 Å². The van der Waals surface area contributed by atoms with Gasteiger partial charge in [-0.2, -0.15) is 5.10 Å². The molecule has 9 nitrogen and oxygen atoms in total. The van der Waals surface area contributed by atoms with Gasteiger partial charge in [-0.25, -0.2) is 14.6 Å². The molecule has 0 spiro atoms. The zero-order valence-electron chi connectivity index (χ0n) is 18.7. The van der Waals surface area contributed by atoms with E-state index in [0.717, 1.165) is 26.5 Å². The average Bonchev–Trinajstić information content (AvgIpc) is 3.42. The number of hydrogen-bond donors (Lipinski definition) is 2. The van der Waals surface area contributed by atoms with Gasteiger partial charge in [0.05, 0.1) is 33.6 Å². The van der Waals surface area contributed by atoms with Gasteiger partial charge in [0.1, 0.15) is 30.2 Å². The fraction of sp³-hybridized carbons (Fsp3) is 0.375. The Balaban J connectivity index is 1.30. The van der Waals surface area contributed by atoms with Crippen LogP contribution in [0, 0.1) is 13.8 Å². The standard InChI is InChI=1S/C24H25N5O4S/c1-12-26-23(29(28-12)15-8-9-16-18(10-15)34-13(2)27-16)22-20(30)19(25)21-17(32-22)11-31-24(33-21)14-6-4-3-5-7-14/h3-10,17,19-22,24,30H,11,25H2,1-2H3/t17-,19-,20-,21+,22-,24?/m1/s1. The van der Waals surface area contributed by atoms with Crippen LogP contribution in [-0.4, -0.2) is 55.8 Å². The molecule has 2 aliphatic rings. The Morgan fingerprint density at radius 3 is 2.74 bits per heavy atom. The minimum atomic E-state index is -1.03. The first kappa shape index (κ1) is 21.8. The molecule has 4 heterocycles. The van der Waals surface area contributed by atoms with Crippen molar-refractivity contribution in [2.75, 3.05) is 6.61 Å². The molecule has 3 N–H and O–H groups in total. The monoisotopic (exact) mass is 479 g/mol. The predicted octanol–water partition coefficient (Wildman–Crippen LogP) is 2.74. The lowest BCUT2D eigenvalue weighted by molar-refractivity contribution is -0.309. The van der Waals surface area contributed by atoms with Crippen molar-refractivity contribution in [3.63, 3.8) is 0 Å². The largest absolute Gasteiger partial charge is 0.388 e. The molecule has 2 aromatic heterocycles. The van der Waals surface area contributed by atoms with E-state index >= 15 is 0 Å². The van der Waals surface area contributed by atoms with E-state index in [0.29, 0.717) is 18.3 Å². The summed E-state index contributed by atoms with van der Waals surface area (Å²) in [4.78, 5) is 9.12. The zero-order chi connectivity index (χ0) is 23.4. The molecule has 34 heavy (non-hydrogen) atoms. The van der Waals surface area contributed by atoms with Crippen LogP contribution in [0.15, 0.2) is 48.5 Å². The lowest BCUT2D eigenvalue weighted by Gasteiger charge is -2.46. The Morgan fingerprint density at radius 1 is 1.09 bits per heavy atom. The van der Waals surface area contributed by atoms with Gasteiger partial charge in [-0.1, -0.05) is 30.3 Å². The normalized spacial score (nSPS) is 29.3. The molecule has 0 radical (unpaired) electrons. The number of rotatable bonds is 3. The summed E-state index contributed by atoms with van der Waals surface area (Å²) in [6, 6.07) is 14.9. The van der Waals surface area contributed by atoms with Crippen LogP contribution in [0.1, 0.15) is 34.6 Å². The van der Waals surface area contributed by atoms with Crippen molar-refractivity contribution in [3.8, 4) is 5.69 Å². The number of thiazole rings is 1. The van der Waals surface area contributed by atoms with E-state index in [1.807, 2.05) is 62.4 Å². The number of nitrogens with zero attached hydrogens (tertiary/aromatic N) is 4. The molecule has 2 saturated heterocycles. The number of fused-ring (bicyclic) bond motifs is 2. The van der Waals surface area contributed by atoms with E-state index < -0.39 is 36.7 Å². The predicted molar refractivity (Wildman–Crippen MR) is 126 cm³/mol. The minimum Gasteiger partial charge on any atom is -0.388 e. The highest BCUT2D eigenvalue weighted by Crippen LogP contribution is 2.38. The van der Waals surface area contributed by atoms with Crippen molar-refractivity contribution in [2.24, 2.45) is 5.73 Å². The molecule has 176 valence electrons. The lowest BCUT2D eigenvalue weighted by Crippen LogP contribution is -2.62. The van der Waals surface area contributed by atoms with Gasteiger partial charge in [-0.15, -0.1) is 11.3 Å². The van der Waals surface area contributed by atoms with Crippen molar-refractivity contribution in [1.29, 1.82) is 0 Å². The third-order valence-electron chi connectivity index (χ3n) is 6.25. The van der Waals surface area contributed by atoms with E-state index in [9.17, 15) is 5.11 Å². The minimum absolute atomic E-state index is 0.292. The Labute approximate surface area is 200 Å². The summed E-state index contributed by atoms with van der Waals surface area (Å²) in [6.45, 7) is 4.08. The SMILES string of the molecule is Cc1nc([C@@H]2O[C@@H]3COC(c4ccccc4)O[C@@H]3[C@H](N)[C@H]2O)n(-c2ccc3nc(C)sc3c2)n1. The lowest BCUT2D eigenvalue weighted by atomic mass is 9.92. The first-order valence-electron chi connectivity index (χ1n) is 11.2. The highest BCUT2D eigenvalue weighted by Gasteiger charge is 2.49. The summed E-state index contributed by atoms with van der Waals surface area (Å²) in [5.41, 5.74) is 9.15. The van der Waals surface area contributed by atoms with Gasteiger partial charge in [0.2, 0.25) is 0 Å². The number of nitrogens with two attached hydrogens (primary N) is 1. The van der Waals surface area contributed by atoms with Gasteiger partial charge in [0, 0.05) is 5.56 Å². The molecule has 6 atom stereocenters. The molecular formula is C24H25N5O4S. The Hall–Kier alpha value is -2.73. The summed E-state index contributed by atoms with van der Waals surface area (Å²) < 4.78 is 21.1. The van der Waals surface area contributed by atoms with Gasteiger partial charge < -0.3 is 25.1 Å². The smallest absolute Gasteiger partial charge is 0.184 e. The molecule has 10 heteroatoms. The molecule has 6 rings (SSSR count). The second kappa shape index (κ2) is 8.49. The van der Waals surface area contributed by atoms with E-state index in [2.05, 4.69) is 15.1 Å². The fourth-order valence-corrected chi connectivity index (χ4v) is 5.49. The summed E-state index contributed by atoms with van der Waals surface area (Å²) >= 11 is 1.62. The number of hydrogen-bond acceptors (Lipinski definition) is 9. The molecule has 4 aromatic rings. The van der Waals surface area contributed by atoms with Crippen LogP contribution in [0.2, 0.25) is 0 Å². The summed E-state index contributed by atoms with van der Waals surface area (Å²) in [5.74, 6) is 1.06. The third-order valence-corrected chi connectivity index (χ3v) is 7.19. The van der Waals surface area contributed by atoms with Gasteiger partial charge >= 0.3 is 0 Å². The van der Waals surface area contributed by atoms with Crippen LogP contribution < -0.4 is 5.73 Å². The van der Waals surface area contributed by atoms with E-state index in [1.54, 1.807) is 16.0 Å². The van der Waals surface area contributed by atoms with E-state index in [4.69, 9.17) is 19.9 Å². The summed E-state index contributed by atoms with van der Waals surface area (Å²) in [7, 11) is 0. The van der Waals surface area contributed by atoms with Crippen LogP contribution in [0.25, 0.3) is 15.9 Å². The zero-order valence-corrected chi connectivity index (χ0v) is 19.6. The first-order valence-corrected chi connectivity index (χ1v) is 12.0. The molecule has 0 saturated carbocycles. The molecule has 2 fully saturated rings. The number of benzene rings is 2. The quantitative estimate of drug-likeness (QED) is 0.461. The summed E-state index contributed by atoms with van der Waals surface area (Å²) in [5, 5.41) is 16.8. The Bertz CT molecular complexity index is 1320. The Kier molecular flexibility index (Phi) is 5.44. The first-order chi connectivity index (χ1) is 16.5. The summed E-state index contributed by atoms with van der Waals surface area (Å²) in [6.07, 6.45) is -3.33. The highest BCUT2D eigenvalue weighted by molar-refractivity contribution is 7.18. The molecule has 2 aromatic carbocycles. The maximum absolute atomic E-state index is 11.2. The third kappa shape index (κ3) is 3.72. The van der Waals surface area contributed by atoms with Gasteiger partial charge in [-0.3, -0.25) is 0 Å². The van der Waals surface area contributed by atoms with Crippen molar-refractivity contribution in [3.05, 3.63) is 70.8 Å². The number of aryl methyl sites for hydroxylation is 2. The second-order valence-electron chi connectivity index (χ2n) is 8.65. The van der Waals surface area contributed by atoms with Crippen LogP contribution >= 0.6 is 11.3 Å². The molecular weight excluding hydrogens is 454 g/mol. The van der Waals surface area contributed by atoms with Crippen molar-refractivity contribution in [1.82, 2.24) is 19.7 Å². The van der Waals surface area contributed by atoms with Crippen molar-refractivity contribution < 1.29 is 19.3 Å². The molecule has 0 aliphatic carbocycles.